The lowest BCUT2D eigenvalue weighted by atomic mass is 10.1. The van der Waals surface area contributed by atoms with Gasteiger partial charge in [-0.3, -0.25) is 0 Å². The lowest BCUT2D eigenvalue weighted by Gasteiger charge is -2.01. The van der Waals surface area contributed by atoms with Gasteiger partial charge < -0.3 is 0 Å². The van der Waals surface area contributed by atoms with Gasteiger partial charge in [0.25, 0.3) is 0 Å². The second-order valence-corrected chi connectivity index (χ2v) is 6.06. The van der Waals surface area contributed by atoms with Gasteiger partial charge in [-0.1, -0.05) is 101 Å². The molecule has 0 saturated heterocycles. The van der Waals surface area contributed by atoms with Crippen LogP contribution in [0, 0.1) is 6.07 Å². The molecule has 0 amide bonds. The summed E-state index contributed by atoms with van der Waals surface area (Å²) in [6, 6.07) is 11.3. The summed E-state index contributed by atoms with van der Waals surface area (Å²) in [5, 5.41) is 0. The maximum atomic E-state index is 3.11. The van der Waals surface area contributed by atoms with E-state index in [9.17, 15) is 0 Å². The van der Waals surface area contributed by atoms with Gasteiger partial charge in [-0.2, -0.15) is 0 Å². The maximum absolute atomic E-state index is 3.11. The zero-order chi connectivity index (χ0) is 15.0. The van der Waals surface area contributed by atoms with Gasteiger partial charge in [0.1, 0.15) is 0 Å². The summed E-state index contributed by atoms with van der Waals surface area (Å²) < 4.78 is 0. The van der Waals surface area contributed by atoms with Crippen molar-refractivity contribution >= 4 is 6.08 Å². The largest absolute Gasteiger partial charge is 0.0839 e. The van der Waals surface area contributed by atoms with Crippen molar-refractivity contribution in [2.75, 3.05) is 0 Å². The first kappa shape index (κ1) is 18.0. The van der Waals surface area contributed by atoms with E-state index in [1.807, 2.05) is 18.2 Å². The normalized spacial score (nSPS) is 11.3. The summed E-state index contributed by atoms with van der Waals surface area (Å²) in [4.78, 5) is 0. The Bertz CT molecular complexity index is 336. The summed E-state index contributed by atoms with van der Waals surface area (Å²) in [6.07, 6.45) is 21.4. The van der Waals surface area contributed by atoms with Gasteiger partial charge in [-0.15, -0.1) is 0 Å². The van der Waals surface area contributed by atoms with E-state index in [1.165, 1.54) is 82.6 Å². The molecule has 0 aliphatic carbocycles. The van der Waals surface area contributed by atoms with E-state index >= 15 is 0 Å². The molecule has 0 atom stereocenters. The Kier molecular flexibility index (Phi) is 11.9. The highest BCUT2D eigenvalue weighted by atomic mass is 14.0. The number of hydrogen-bond acceptors (Lipinski definition) is 0. The van der Waals surface area contributed by atoms with Crippen molar-refractivity contribution in [2.24, 2.45) is 0 Å². The molecule has 1 aromatic rings. The Balaban J connectivity index is 1.82. The molecule has 0 saturated carbocycles. The van der Waals surface area contributed by atoms with E-state index in [2.05, 4.69) is 31.2 Å². The third-order valence-electron chi connectivity index (χ3n) is 4.02. The first-order chi connectivity index (χ1) is 10.4. The Hall–Kier alpha value is -1.04. The van der Waals surface area contributed by atoms with Crippen molar-refractivity contribution in [3.8, 4) is 0 Å². The molecule has 1 aromatic carbocycles. The van der Waals surface area contributed by atoms with Gasteiger partial charge in [0.2, 0.25) is 0 Å². The molecule has 0 heterocycles. The van der Waals surface area contributed by atoms with E-state index in [1.54, 1.807) is 0 Å². The van der Waals surface area contributed by atoms with Crippen LogP contribution in [0.15, 0.2) is 30.3 Å². The van der Waals surface area contributed by atoms with Crippen LogP contribution in [0.2, 0.25) is 0 Å². The average Bonchev–Trinajstić information content (AvgIpc) is 2.53. The monoisotopic (exact) mass is 285 g/mol. The van der Waals surface area contributed by atoms with E-state index in [-0.39, 0.29) is 0 Å². The van der Waals surface area contributed by atoms with Crippen LogP contribution in [-0.2, 0) is 0 Å². The van der Waals surface area contributed by atoms with Gasteiger partial charge in [0.05, 0.1) is 0 Å². The fourth-order valence-corrected chi connectivity index (χ4v) is 2.66. The second-order valence-electron chi connectivity index (χ2n) is 6.06. The molecule has 0 aliphatic rings. The summed E-state index contributed by atoms with van der Waals surface area (Å²) in [7, 11) is 0. The molecular weight excluding hydrogens is 252 g/mol. The van der Waals surface area contributed by atoms with Gasteiger partial charge in [-0.25, -0.2) is 0 Å². The van der Waals surface area contributed by atoms with E-state index in [0.717, 1.165) is 0 Å². The van der Waals surface area contributed by atoms with Crippen LogP contribution in [0.3, 0.4) is 0 Å². The molecule has 0 aliphatic heterocycles. The SMILES string of the molecule is CCCCCCCCCCCCCC=Cc1c[c]ccc1. The first-order valence-electron chi connectivity index (χ1n) is 9.06. The van der Waals surface area contributed by atoms with Gasteiger partial charge in [0, 0.05) is 0 Å². The maximum Gasteiger partial charge on any atom is -0.0178 e. The van der Waals surface area contributed by atoms with E-state index in [4.69, 9.17) is 0 Å². The molecule has 0 aromatic heterocycles. The van der Waals surface area contributed by atoms with Gasteiger partial charge >= 0.3 is 0 Å². The zero-order valence-electron chi connectivity index (χ0n) is 13.9. The number of rotatable bonds is 13. The molecule has 1 radical (unpaired) electrons. The number of hydrogen-bond donors (Lipinski definition) is 0. The lowest BCUT2D eigenvalue weighted by Crippen LogP contribution is -1.82. The van der Waals surface area contributed by atoms with Crippen LogP contribution in [0.25, 0.3) is 6.08 Å². The molecular formula is C21H33. The van der Waals surface area contributed by atoms with Gasteiger partial charge in [-0.05, 0) is 30.5 Å². The van der Waals surface area contributed by atoms with Gasteiger partial charge in [0.15, 0.2) is 0 Å². The minimum Gasteiger partial charge on any atom is -0.0839 e. The Morgan fingerprint density at radius 3 is 2.05 bits per heavy atom. The predicted octanol–water partition coefficient (Wildman–Crippen LogP) is 7.20. The Morgan fingerprint density at radius 2 is 1.48 bits per heavy atom. The summed E-state index contributed by atoms with van der Waals surface area (Å²) >= 11 is 0. The summed E-state index contributed by atoms with van der Waals surface area (Å²) in [5.41, 5.74) is 1.26. The zero-order valence-corrected chi connectivity index (χ0v) is 13.9. The fraction of sp³-hybridized carbons (Fsp3) is 0.619. The average molecular weight is 285 g/mol. The molecule has 0 fully saturated rings. The molecule has 117 valence electrons. The fourth-order valence-electron chi connectivity index (χ4n) is 2.66. The van der Waals surface area contributed by atoms with E-state index < -0.39 is 0 Å². The van der Waals surface area contributed by atoms with Crippen LogP contribution < -0.4 is 0 Å². The van der Waals surface area contributed by atoms with Crippen molar-refractivity contribution in [1.82, 2.24) is 0 Å². The van der Waals surface area contributed by atoms with Crippen LogP contribution in [0.5, 0.6) is 0 Å². The van der Waals surface area contributed by atoms with Crippen molar-refractivity contribution in [2.45, 2.75) is 84.0 Å². The standard InChI is InChI=1S/C21H33/c1-2-3-4-5-6-7-8-9-10-11-12-13-15-18-21-19-16-14-17-20-21/h14-16,18-20H,2-13H2,1H3. The van der Waals surface area contributed by atoms with Crippen molar-refractivity contribution in [1.29, 1.82) is 0 Å². The van der Waals surface area contributed by atoms with Crippen LogP contribution in [0.1, 0.15) is 89.5 Å². The Labute approximate surface area is 132 Å². The first-order valence-corrected chi connectivity index (χ1v) is 9.06. The highest BCUT2D eigenvalue weighted by Gasteiger charge is 1.92. The molecule has 0 spiro atoms. The lowest BCUT2D eigenvalue weighted by molar-refractivity contribution is 0.550. The minimum absolute atomic E-state index is 1.21. The molecule has 0 nitrogen and oxygen atoms in total. The predicted molar refractivity (Wildman–Crippen MR) is 95.4 cm³/mol. The van der Waals surface area contributed by atoms with Crippen molar-refractivity contribution in [3.05, 3.63) is 42.0 Å². The second kappa shape index (κ2) is 13.9. The highest BCUT2D eigenvalue weighted by molar-refractivity contribution is 5.48. The van der Waals surface area contributed by atoms with Crippen molar-refractivity contribution < 1.29 is 0 Å². The molecule has 1 rings (SSSR count). The summed E-state index contributed by atoms with van der Waals surface area (Å²) in [6.45, 7) is 2.29. The van der Waals surface area contributed by atoms with Crippen LogP contribution in [0.4, 0.5) is 0 Å². The van der Waals surface area contributed by atoms with Crippen LogP contribution >= 0.6 is 0 Å². The molecule has 0 heteroatoms. The number of allylic oxidation sites excluding steroid dienone is 1. The third-order valence-corrected chi connectivity index (χ3v) is 4.02. The van der Waals surface area contributed by atoms with Crippen molar-refractivity contribution in [3.63, 3.8) is 0 Å². The Morgan fingerprint density at radius 1 is 0.857 bits per heavy atom. The molecule has 0 bridgehead atoms. The topological polar surface area (TPSA) is 0 Å². The molecule has 0 N–H and O–H groups in total. The number of unbranched alkanes of at least 4 members (excludes halogenated alkanes) is 11. The quantitative estimate of drug-likeness (QED) is 0.336. The highest BCUT2D eigenvalue weighted by Crippen LogP contribution is 2.12. The third kappa shape index (κ3) is 11.3. The van der Waals surface area contributed by atoms with E-state index in [0.29, 0.717) is 0 Å². The molecule has 21 heavy (non-hydrogen) atoms. The number of benzene rings is 1. The van der Waals surface area contributed by atoms with Crippen LogP contribution in [-0.4, -0.2) is 0 Å². The summed E-state index contributed by atoms with van der Waals surface area (Å²) in [5.74, 6) is 0. The smallest absolute Gasteiger partial charge is 0.0178 e. The minimum atomic E-state index is 1.21. The molecule has 0 unspecified atom stereocenters.